The van der Waals surface area contributed by atoms with Gasteiger partial charge < -0.3 is 4.98 Å². The van der Waals surface area contributed by atoms with Crippen LogP contribution in [0.25, 0.3) is 44.7 Å². The second kappa shape index (κ2) is 6.54. The fraction of sp³-hybridized carbons (Fsp3) is 0. The van der Waals surface area contributed by atoms with Crippen molar-refractivity contribution >= 4 is 10.8 Å². The van der Waals surface area contributed by atoms with Gasteiger partial charge >= 0.3 is 0 Å². The summed E-state index contributed by atoms with van der Waals surface area (Å²) in [6.07, 6.45) is 3.62. The van der Waals surface area contributed by atoms with Gasteiger partial charge in [0.15, 0.2) is 0 Å². The number of imidazole rings is 1. The summed E-state index contributed by atoms with van der Waals surface area (Å²) < 4.78 is 0. The van der Waals surface area contributed by atoms with E-state index in [9.17, 15) is 0 Å². The zero-order valence-electron chi connectivity index (χ0n) is 14.6. The third-order valence-corrected chi connectivity index (χ3v) is 4.74. The lowest BCUT2D eigenvalue weighted by molar-refractivity contribution is 1.30. The van der Waals surface area contributed by atoms with Crippen molar-refractivity contribution in [3.63, 3.8) is 0 Å². The van der Waals surface area contributed by atoms with E-state index in [4.69, 9.17) is 4.98 Å². The van der Waals surface area contributed by atoms with Crippen molar-refractivity contribution in [2.45, 2.75) is 0 Å². The minimum atomic E-state index is 0.866. The minimum Gasteiger partial charge on any atom is -0.337 e. The lowest BCUT2D eigenvalue weighted by Crippen LogP contribution is -1.85. The lowest BCUT2D eigenvalue weighted by Gasteiger charge is -2.05. The molecule has 0 radical (unpaired) electrons. The van der Waals surface area contributed by atoms with Crippen molar-refractivity contribution in [2.24, 2.45) is 0 Å². The van der Waals surface area contributed by atoms with Gasteiger partial charge in [-0.15, -0.1) is 0 Å². The van der Waals surface area contributed by atoms with Gasteiger partial charge in [0.2, 0.25) is 0 Å². The molecule has 3 nitrogen and oxygen atoms in total. The largest absolute Gasteiger partial charge is 0.337 e. The summed E-state index contributed by atoms with van der Waals surface area (Å²) >= 11 is 0. The first kappa shape index (κ1) is 15.5. The molecule has 0 aliphatic carbocycles. The number of aromatic nitrogens is 3. The van der Waals surface area contributed by atoms with Crippen molar-refractivity contribution in [2.75, 3.05) is 0 Å². The SMILES string of the molecule is c1ccc(-c2nc(-c3ccc4ccccc4c3)c(-c3ccncc3)[nH]2)cc1. The maximum atomic E-state index is 4.96. The van der Waals surface area contributed by atoms with Gasteiger partial charge in [0.1, 0.15) is 5.82 Å². The van der Waals surface area contributed by atoms with Crippen molar-refractivity contribution in [1.29, 1.82) is 0 Å². The molecular formula is C24H17N3. The van der Waals surface area contributed by atoms with Crippen LogP contribution in [0, 0.1) is 0 Å². The molecule has 0 saturated heterocycles. The molecule has 0 aliphatic heterocycles. The molecule has 0 atom stereocenters. The maximum absolute atomic E-state index is 4.96. The standard InChI is InChI=1S/C24H17N3/c1-2-7-19(8-3-1)24-26-22(18-12-14-25-15-13-18)23(27-24)21-11-10-17-6-4-5-9-20(17)16-21/h1-16H,(H,26,27). The van der Waals surface area contributed by atoms with Crippen molar-refractivity contribution in [3.05, 3.63) is 97.3 Å². The van der Waals surface area contributed by atoms with Gasteiger partial charge in [0.05, 0.1) is 11.4 Å². The van der Waals surface area contributed by atoms with E-state index < -0.39 is 0 Å². The number of nitrogens with zero attached hydrogens (tertiary/aromatic N) is 2. The van der Waals surface area contributed by atoms with Crippen LogP contribution in [0.4, 0.5) is 0 Å². The number of benzene rings is 3. The van der Waals surface area contributed by atoms with Gasteiger partial charge in [-0.1, -0.05) is 66.7 Å². The molecule has 0 saturated carbocycles. The Hall–Kier alpha value is -3.72. The number of hydrogen-bond acceptors (Lipinski definition) is 2. The van der Waals surface area contributed by atoms with Crippen LogP contribution >= 0.6 is 0 Å². The van der Waals surface area contributed by atoms with Gasteiger partial charge in [-0.3, -0.25) is 4.98 Å². The zero-order chi connectivity index (χ0) is 18.1. The summed E-state index contributed by atoms with van der Waals surface area (Å²) in [5.74, 6) is 0.866. The highest BCUT2D eigenvalue weighted by atomic mass is 14.9. The van der Waals surface area contributed by atoms with Crippen molar-refractivity contribution in [3.8, 4) is 33.9 Å². The van der Waals surface area contributed by atoms with Crippen LogP contribution in [0.2, 0.25) is 0 Å². The van der Waals surface area contributed by atoms with E-state index in [2.05, 4.69) is 64.6 Å². The van der Waals surface area contributed by atoms with Gasteiger partial charge in [-0.25, -0.2) is 4.98 Å². The fourth-order valence-corrected chi connectivity index (χ4v) is 3.38. The van der Waals surface area contributed by atoms with Crippen LogP contribution in [-0.4, -0.2) is 15.0 Å². The number of H-pyrrole nitrogens is 1. The third-order valence-electron chi connectivity index (χ3n) is 4.74. The molecule has 0 amide bonds. The molecule has 0 fully saturated rings. The van der Waals surface area contributed by atoms with Gasteiger partial charge in [0.25, 0.3) is 0 Å². The number of pyridine rings is 1. The first-order valence-corrected chi connectivity index (χ1v) is 8.93. The van der Waals surface area contributed by atoms with E-state index in [1.165, 1.54) is 10.8 Å². The third kappa shape index (κ3) is 2.89. The first-order valence-electron chi connectivity index (χ1n) is 8.93. The molecule has 1 N–H and O–H groups in total. The molecule has 3 aromatic carbocycles. The van der Waals surface area contributed by atoms with Crippen LogP contribution in [0.5, 0.6) is 0 Å². The normalized spacial score (nSPS) is 11.0. The number of hydrogen-bond donors (Lipinski definition) is 1. The molecule has 5 aromatic rings. The summed E-state index contributed by atoms with van der Waals surface area (Å²) in [6.45, 7) is 0. The Morgan fingerprint density at radius 3 is 2.15 bits per heavy atom. The summed E-state index contributed by atoms with van der Waals surface area (Å²) in [7, 11) is 0. The quantitative estimate of drug-likeness (QED) is 0.437. The molecule has 3 heteroatoms. The van der Waals surface area contributed by atoms with E-state index in [1.807, 2.05) is 42.7 Å². The van der Waals surface area contributed by atoms with E-state index in [1.54, 1.807) is 0 Å². The van der Waals surface area contributed by atoms with Crippen LogP contribution in [0.1, 0.15) is 0 Å². The second-order valence-corrected chi connectivity index (χ2v) is 6.47. The van der Waals surface area contributed by atoms with Crippen LogP contribution in [0.3, 0.4) is 0 Å². The second-order valence-electron chi connectivity index (χ2n) is 6.47. The molecule has 128 valence electrons. The number of aromatic amines is 1. The maximum Gasteiger partial charge on any atom is 0.138 e. The molecule has 2 heterocycles. The van der Waals surface area contributed by atoms with Crippen LogP contribution in [0.15, 0.2) is 97.3 Å². The average Bonchev–Trinajstić information content (AvgIpc) is 3.20. The molecule has 5 rings (SSSR count). The number of fused-ring (bicyclic) bond motifs is 1. The minimum absolute atomic E-state index is 0.866. The van der Waals surface area contributed by atoms with Gasteiger partial charge in [-0.2, -0.15) is 0 Å². The topological polar surface area (TPSA) is 41.6 Å². The van der Waals surface area contributed by atoms with Gasteiger partial charge in [0, 0.05) is 29.1 Å². The van der Waals surface area contributed by atoms with E-state index >= 15 is 0 Å². The Labute approximate surface area is 157 Å². The Morgan fingerprint density at radius 2 is 1.33 bits per heavy atom. The van der Waals surface area contributed by atoms with E-state index in [0.29, 0.717) is 0 Å². The lowest BCUT2D eigenvalue weighted by atomic mass is 10.0. The van der Waals surface area contributed by atoms with Crippen LogP contribution in [-0.2, 0) is 0 Å². The highest BCUT2D eigenvalue weighted by molar-refractivity contribution is 5.90. The molecule has 0 unspecified atom stereocenters. The smallest absolute Gasteiger partial charge is 0.138 e. The highest BCUT2D eigenvalue weighted by Crippen LogP contribution is 2.34. The summed E-state index contributed by atoms with van der Waals surface area (Å²) in [4.78, 5) is 12.6. The van der Waals surface area contributed by atoms with E-state index in [0.717, 1.165) is 33.9 Å². The predicted octanol–water partition coefficient (Wildman–Crippen LogP) is 5.96. The molecular weight excluding hydrogens is 330 g/mol. The van der Waals surface area contributed by atoms with E-state index in [-0.39, 0.29) is 0 Å². The number of rotatable bonds is 3. The predicted molar refractivity (Wildman–Crippen MR) is 110 cm³/mol. The van der Waals surface area contributed by atoms with Gasteiger partial charge in [-0.05, 0) is 29.0 Å². The fourth-order valence-electron chi connectivity index (χ4n) is 3.38. The molecule has 0 bridgehead atoms. The van der Waals surface area contributed by atoms with Crippen molar-refractivity contribution < 1.29 is 0 Å². The Bertz CT molecular complexity index is 1210. The average molecular weight is 347 g/mol. The van der Waals surface area contributed by atoms with Crippen LogP contribution < -0.4 is 0 Å². The summed E-state index contributed by atoms with van der Waals surface area (Å²) in [5, 5.41) is 2.44. The Kier molecular flexibility index (Phi) is 3.76. The molecule has 0 spiro atoms. The summed E-state index contributed by atoms with van der Waals surface area (Å²) in [6, 6.07) is 29.1. The zero-order valence-corrected chi connectivity index (χ0v) is 14.6. The first-order chi connectivity index (χ1) is 13.4. The van der Waals surface area contributed by atoms with Crippen molar-refractivity contribution in [1.82, 2.24) is 15.0 Å². The summed E-state index contributed by atoms with van der Waals surface area (Å²) in [5.41, 5.74) is 5.19. The Balaban J connectivity index is 1.73. The Morgan fingerprint density at radius 1 is 0.593 bits per heavy atom. The monoisotopic (exact) mass is 347 g/mol. The number of nitrogens with one attached hydrogen (secondary N) is 1. The highest BCUT2D eigenvalue weighted by Gasteiger charge is 2.15. The molecule has 0 aliphatic rings. The molecule has 27 heavy (non-hydrogen) atoms. The molecule has 2 aromatic heterocycles.